The molecule has 5 nitrogen and oxygen atoms in total. The predicted octanol–water partition coefficient (Wildman–Crippen LogP) is 0.863. The highest BCUT2D eigenvalue weighted by molar-refractivity contribution is 6.03. The summed E-state index contributed by atoms with van der Waals surface area (Å²) in [6.07, 6.45) is -1.49. The molecule has 1 aromatic rings. The molecule has 0 fully saturated rings. The third-order valence-corrected chi connectivity index (χ3v) is 1.58. The van der Waals surface area contributed by atoms with Crippen LogP contribution in [0.5, 0.6) is 0 Å². The largest absolute Gasteiger partial charge is 0.372 e. The van der Waals surface area contributed by atoms with E-state index in [0.717, 1.165) is 0 Å². The van der Waals surface area contributed by atoms with Crippen LogP contribution in [0.4, 0.5) is 5.69 Å². The van der Waals surface area contributed by atoms with Crippen molar-refractivity contribution in [1.82, 2.24) is 0 Å². The third-order valence-electron chi connectivity index (χ3n) is 1.58. The van der Waals surface area contributed by atoms with Gasteiger partial charge in [0.1, 0.15) is 12.1 Å². The Hall–Kier alpha value is -2.37. The van der Waals surface area contributed by atoms with Gasteiger partial charge in [0.05, 0.1) is 5.69 Å². The lowest BCUT2D eigenvalue weighted by Gasteiger charge is -2.01. The lowest BCUT2D eigenvalue weighted by atomic mass is 10.3. The molecule has 0 saturated heterocycles. The van der Waals surface area contributed by atoms with Crippen molar-refractivity contribution in [3.63, 3.8) is 0 Å². The summed E-state index contributed by atoms with van der Waals surface area (Å²) in [4.78, 5) is 0. The molecule has 0 radical (unpaired) electrons. The number of benzene rings is 1. The van der Waals surface area contributed by atoms with Gasteiger partial charge in [0.15, 0.2) is 11.8 Å². The number of para-hydroxylation sites is 1. The fourth-order valence-electron chi connectivity index (χ4n) is 0.846. The second-order valence-electron chi connectivity index (χ2n) is 2.62. The Kier molecular flexibility index (Phi) is 3.84. The molecule has 0 aromatic heterocycles. The summed E-state index contributed by atoms with van der Waals surface area (Å²) in [6, 6.07) is 12.1. The maximum absolute atomic E-state index is 9.04. The molecule has 74 valence electrons. The molecule has 0 aliphatic rings. The second kappa shape index (κ2) is 5.38. The van der Waals surface area contributed by atoms with Gasteiger partial charge in [0.25, 0.3) is 0 Å². The van der Waals surface area contributed by atoms with Gasteiger partial charge in [-0.15, -0.1) is 0 Å². The fraction of sp³-hybridized carbons (Fsp3) is 0.100. The lowest BCUT2D eigenvalue weighted by Crippen LogP contribution is -2.17. The predicted molar refractivity (Wildman–Crippen MR) is 54.7 cm³/mol. The molecule has 1 unspecified atom stereocenters. The molecule has 0 aliphatic carbocycles. The molecule has 15 heavy (non-hydrogen) atoms. The number of nitrogens with zero attached hydrogens (tertiary/aromatic N) is 3. The van der Waals surface area contributed by atoms with E-state index in [9.17, 15) is 0 Å². The maximum Gasteiger partial charge on any atom is 0.195 e. The minimum atomic E-state index is -1.49. The van der Waals surface area contributed by atoms with Gasteiger partial charge in [0.2, 0.25) is 0 Å². The van der Waals surface area contributed by atoms with Crippen LogP contribution in [0.2, 0.25) is 0 Å². The summed E-state index contributed by atoms with van der Waals surface area (Å²) in [5, 5.41) is 29.6. The van der Waals surface area contributed by atoms with Crippen LogP contribution in [-0.4, -0.2) is 16.9 Å². The topological polar surface area (TPSA) is 92.2 Å². The highest BCUT2D eigenvalue weighted by Crippen LogP contribution is 2.04. The smallest absolute Gasteiger partial charge is 0.195 e. The zero-order chi connectivity index (χ0) is 11.1. The van der Waals surface area contributed by atoms with Gasteiger partial charge in [0, 0.05) is 0 Å². The number of hydrogen-bond donors (Lipinski definition) is 2. The van der Waals surface area contributed by atoms with E-state index in [-0.39, 0.29) is 5.71 Å². The van der Waals surface area contributed by atoms with Crippen molar-refractivity contribution in [2.24, 2.45) is 5.10 Å². The van der Waals surface area contributed by atoms with Gasteiger partial charge in [-0.2, -0.15) is 15.6 Å². The van der Waals surface area contributed by atoms with Crippen LogP contribution in [0, 0.1) is 22.7 Å². The van der Waals surface area contributed by atoms with E-state index in [4.69, 9.17) is 15.6 Å². The van der Waals surface area contributed by atoms with E-state index in [1.807, 2.05) is 6.07 Å². The summed E-state index contributed by atoms with van der Waals surface area (Å²) in [5.41, 5.74) is 2.98. The Morgan fingerprint density at radius 3 is 2.53 bits per heavy atom. The van der Waals surface area contributed by atoms with E-state index in [1.165, 1.54) is 6.07 Å². The maximum atomic E-state index is 9.04. The molecule has 2 N–H and O–H groups in total. The summed E-state index contributed by atoms with van der Waals surface area (Å²) >= 11 is 0. The quantitative estimate of drug-likeness (QED) is 0.430. The zero-order valence-corrected chi connectivity index (χ0v) is 7.75. The van der Waals surface area contributed by atoms with Crippen molar-refractivity contribution in [2.75, 3.05) is 5.43 Å². The van der Waals surface area contributed by atoms with E-state index in [0.29, 0.717) is 5.69 Å². The van der Waals surface area contributed by atoms with Crippen LogP contribution in [-0.2, 0) is 0 Å². The number of rotatable bonds is 3. The van der Waals surface area contributed by atoms with Gasteiger partial charge < -0.3 is 5.11 Å². The SMILES string of the molecule is N#CC(=NNc1ccccc1)C(O)C#N. The van der Waals surface area contributed by atoms with E-state index < -0.39 is 6.10 Å². The summed E-state index contributed by atoms with van der Waals surface area (Å²) in [7, 11) is 0. The number of nitrogens with one attached hydrogen (secondary N) is 1. The molecule has 0 amide bonds. The minimum Gasteiger partial charge on any atom is -0.372 e. The summed E-state index contributed by atoms with van der Waals surface area (Å²) < 4.78 is 0. The Balaban J connectivity index is 2.73. The minimum absolute atomic E-state index is 0.263. The number of anilines is 1. The first-order valence-corrected chi connectivity index (χ1v) is 4.14. The zero-order valence-electron chi connectivity index (χ0n) is 7.75. The molecule has 0 bridgehead atoms. The van der Waals surface area contributed by atoms with Crippen LogP contribution >= 0.6 is 0 Å². The molecule has 1 rings (SSSR count). The van der Waals surface area contributed by atoms with Crippen LogP contribution in [0.3, 0.4) is 0 Å². The molecule has 0 saturated carbocycles. The van der Waals surface area contributed by atoms with Crippen LogP contribution in [0.15, 0.2) is 35.4 Å². The van der Waals surface area contributed by atoms with Crippen molar-refractivity contribution in [3.8, 4) is 12.1 Å². The number of aliphatic hydroxyl groups excluding tert-OH is 1. The van der Waals surface area contributed by atoms with Crippen molar-refractivity contribution in [2.45, 2.75) is 6.10 Å². The number of hydrazone groups is 1. The Labute approximate surface area is 86.9 Å². The van der Waals surface area contributed by atoms with E-state index in [1.54, 1.807) is 30.3 Å². The Bertz CT molecular complexity index is 427. The van der Waals surface area contributed by atoms with Crippen molar-refractivity contribution < 1.29 is 5.11 Å². The van der Waals surface area contributed by atoms with Gasteiger partial charge in [-0.05, 0) is 12.1 Å². The molecule has 0 aliphatic heterocycles. The first kappa shape index (κ1) is 10.7. The average Bonchev–Trinajstić information content (AvgIpc) is 2.31. The number of nitriles is 2. The highest BCUT2D eigenvalue weighted by Gasteiger charge is 2.10. The van der Waals surface area contributed by atoms with Crippen LogP contribution < -0.4 is 5.43 Å². The lowest BCUT2D eigenvalue weighted by molar-refractivity contribution is 0.296. The second-order valence-corrected chi connectivity index (χ2v) is 2.62. The van der Waals surface area contributed by atoms with E-state index >= 15 is 0 Å². The number of hydrogen-bond acceptors (Lipinski definition) is 5. The van der Waals surface area contributed by atoms with Crippen molar-refractivity contribution >= 4 is 11.4 Å². The molecule has 1 atom stereocenters. The first-order chi connectivity index (χ1) is 7.27. The Morgan fingerprint density at radius 1 is 1.33 bits per heavy atom. The normalized spacial score (nSPS) is 12.3. The highest BCUT2D eigenvalue weighted by atomic mass is 16.3. The standard InChI is InChI=1S/C10H8N4O/c11-6-9(10(15)7-12)14-13-8-4-2-1-3-5-8/h1-5,10,13,15H. The molecule has 1 aromatic carbocycles. The van der Waals surface area contributed by atoms with Gasteiger partial charge in [-0.3, -0.25) is 5.43 Å². The van der Waals surface area contributed by atoms with Crippen LogP contribution in [0.1, 0.15) is 0 Å². The van der Waals surface area contributed by atoms with Crippen molar-refractivity contribution in [3.05, 3.63) is 30.3 Å². The van der Waals surface area contributed by atoms with E-state index in [2.05, 4.69) is 10.5 Å². The number of aliphatic hydroxyl groups is 1. The molecule has 5 heteroatoms. The molecular formula is C10H8N4O. The van der Waals surface area contributed by atoms with Gasteiger partial charge in [-0.1, -0.05) is 18.2 Å². The average molecular weight is 200 g/mol. The Morgan fingerprint density at radius 2 is 2.00 bits per heavy atom. The van der Waals surface area contributed by atoms with Gasteiger partial charge >= 0.3 is 0 Å². The fourth-order valence-corrected chi connectivity index (χ4v) is 0.846. The molecule has 0 spiro atoms. The third kappa shape index (κ3) is 3.11. The van der Waals surface area contributed by atoms with Crippen LogP contribution in [0.25, 0.3) is 0 Å². The summed E-state index contributed by atoms with van der Waals surface area (Å²) in [6.45, 7) is 0. The molecular weight excluding hydrogens is 192 g/mol. The van der Waals surface area contributed by atoms with Gasteiger partial charge in [-0.25, -0.2) is 0 Å². The monoisotopic (exact) mass is 200 g/mol. The molecule has 0 heterocycles. The summed E-state index contributed by atoms with van der Waals surface area (Å²) in [5.74, 6) is 0. The van der Waals surface area contributed by atoms with Crippen molar-refractivity contribution in [1.29, 1.82) is 10.5 Å². The first-order valence-electron chi connectivity index (χ1n) is 4.14.